The number of hydrogen-bond acceptors (Lipinski definition) is 5. The van der Waals surface area contributed by atoms with Gasteiger partial charge in [0.1, 0.15) is 16.9 Å². The lowest BCUT2D eigenvalue weighted by atomic mass is 10.00. The van der Waals surface area contributed by atoms with Crippen LogP contribution in [0.3, 0.4) is 0 Å². The first-order valence-corrected chi connectivity index (χ1v) is 10.6. The molecule has 1 unspecified atom stereocenters. The molecule has 2 N–H and O–H groups in total. The number of hydrogen-bond donors (Lipinski definition) is 2. The predicted octanol–water partition coefficient (Wildman–Crippen LogP) is 4.17. The van der Waals surface area contributed by atoms with Gasteiger partial charge in [-0.1, -0.05) is 42.5 Å². The van der Waals surface area contributed by atoms with Gasteiger partial charge in [0.2, 0.25) is 0 Å². The van der Waals surface area contributed by atoms with Crippen molar-refractivity contribution in [2.24, 2.45) is 0 Å². The molecule has 0 spiro atoms. The molecule has 5 nitrogen and oxygen atoms in total. The van der Waals surface area contributed by atoms with Gasteiger partial charge in [0.05, 0.1) is 12.7 Å². The summed E-state index contributed by atoms with van der Waals surface area (Å²) in [4.78, 5) is 16.7. The number of anilines is 1. The third kappa shape index (κ3) is 3.50. The molecule has 1 aromatic heterocycles. The lowest BCUT2D eigenvalue weighted by Crippen LogP contribution is -2.38. The van der Waals surface area contributed by atoms with Crippen LogP contribution in [0, 0.1) is 0 Å². The Balaban J connectivity index is 1.38. The van der Waals surface area contributed by atoms with Crippen LogP contribution in [0.4, 0.5) is 5.00 Å². The standard InChI is InChI=1S/C23H23N3O2S/c1-28-17-9-5-8-16(12-17)21-24-22(27)20-18-10-11-26(13-15-6-3-2-4-7-15)14-19(18)29-23(20)25-21/h2-9,12,21,25H,10-11,13-14H2,1H3,(H,24,27). The Morgan fingerprint density at radius 1 is 1.14 bits per heavy atom. The van der Waals surface area contributed by atoms with Gasteiger partial charge in [-0.15, -0.1) is 11.3 Å². The summed E-state index contributed by atoms with van der Waals surface area (Å²) in [5, 5.41) is 7.62. The second-order valence-electron chi connectivity index (χ2n) is 7.48. The first-order valence-electron chi connectivity index (χ1n) is 9.83. The number of carbonyl (C=O) groups excluding carboxylic acids is 1. The number of amides is 1. The van der Waals surface area contributed by atoms with E-state index in [2.05, 4.69) is 39.8 Å². The molecule has 6 heteroatoms. The van der Waals surface area contributed by atoms with Gasteiger partial charge in [-0.05, 0) is 35.2 Å². The van der Waals surface area contributed by atoms with Crippen LogP contribution in [-0.4, -0.2) is 24.5 Å². The molecule has 0 fully saturated rings. The molecule has 0 bridgehead atoms. The summed E-state index contributed by atoms with van der Waals surface area (Å²) in [5.41, 5.74) is 4.36. The third-order valence-corrected chi connectivity index (χ3v) is 6.74. The maximum Gasteiger partial charge on any atom is 0.256 e. The fourth-order valence-corrected chi connectivity index (χ4v) is 5.45. The van der Waals surface area contributed by atoms with Crippen LogP contribution in [0.1, 0.15) is 38.1 Å². The van der Waals surface area contributed by atoms with E-state index in [9.17, 15) is 4.79 Å². The molecule has 1 atom stereocenters. The van der Waals surface area contributed by atoms with Crippen molar-refractivity contribution in [3.63, 3.8) is 0 Å². The van der Waals surface area contributed by atoms with Gasteiger partial charge in [0, 0.05) is 24.5 Å². The SMILES string of the molecule is COc1cccc(C2NC(=O)c3c(sc4c3CCN(Cc3ccccc3)C4)N2)c1. The third-order valence-electron chi connectivity index (χ3n) is 5.59. The van der Waals surface area contributed by atoms with Crippen molar-refractivity contribution in [3.05, 3.63) is 81.7 Å². The molecular formula is C23H23N3O2S. The number of benzene rings is 2. The van der Waals surface area contributed by atoms with Crippen LogP contribution in [0.15, 0.2) is 54.6 Å². The van der Waals surface area contributed by atoms with E-state index < -0.39 is 0 Å². The smallest absolute Gasteiger partial charge is 0.256 e. The largest absolute Gasteiger partial charge is 0.497 e. The molecule has 0 saturated carbocycles. The van der Waals surface area contributed by atoms with E-state index in [4.69, 9.17) is 4.74 Å². The number of nitrogens with zero attached hydrogens (tertiary/aromatic N) is 1. The summed E-state index contributed by atoms with van der Waals surface area (Å²) < 4.78 is 5.33. The minimum absolute atomic E-state index is 0.0144. The normalized spacial score (nSPS) is 18.4. The number of carbonyl (C=O) groups is 1. The molecule has 0 saturated heterocycles. The summed E-state index contributed by atoms with van der Waals surface area (Å²) in [7, 11) is 1.65. The highest BCUT2D eigenvalue weighted by atomic mass is 32.1. The van der Waals surface area contributed by atoms with Gasteiger partial charge < -0.3 is 15.4 Å². The van der Waals surface area contributed by atoms with Gasteiger partial charge in [0.25, 0.3) is 5.91 Å². The number of fused-ring (bicyclic) bond motifs is 3. The fourth-order valence-electron chi connectivity index (χ4n) is 4.13. The predicted molar refractivity (Wildman–Crippen MR) is 115 cm³/mol. The van der Waals surface area contributed by atoms with Crippen molar-refractivity contribution in [2.45, 2.75) is 25.7 Å². The van der Waals surface area contributed by atoms with Gasteiger partial charge in [-0.2, -0.15) is 0 Å². The highest BCUT2D eigenvalue weighted by Crippen LogP contribution is 2.41. The molecule has 0 radical (unpaired) electrons. The summed E-state index contributed by atoms with van der Waals surface area (Å²) in [6, 6.07) is 18.4. The van der Waals surface area contributed by atoms with E-state index in [1.54, 1.807) is 18.4 Å². The number of nitrogens with one attached hydrogen (secondary N) is 2. The molecule has 2 aliphatic rings. The van der Waals surface area contributed by atoms with Crippen molar-refractivity contribution in [2.75, 3.05) is 19.0 Å². The minimum atomic E-state index is -0.245. The average Bonchev–Trinajstić information content (AvgIpc) is 3.12. The zero-order chi connectivity index (χ0) is 19.8. The van der Waals surface area contributed by atoms with E-state index in [1.165, 1.54) is 16.0 Å². The molecule has 0 aliphatic carbocycles. The summed E-state index contributed by atoms with van der Waals surface area (Å²) in [6.07, 6.45) is 0.665. The first kappa shape index (κ1) is 18.2. The summed E-state index contributed by atoms with van der Waals surface area (Å²) in [5.74, 6) is 0.798. The maximum absolute atomic E-state index is 12.9. The Morgan fingerprint density at radius 2 is 2.00 bits per heavy atom. The second-order valence-corrected chi connectivity index (χ2v) is 8.59. The summed E-state index contributed by atoms with van der Waals surface area (Å²) in [6.45, 7) is 2.80. The van der Waals surface area contributed by atoms with E-state index in [0.29, 0.717) is 0 Å². The Hall–Kier alpha value is -2.83. The van der Waals surface area contributed by atoms with Gasteiger partial charge in [0.15, 0.2) is 0 Å². The molecule has 5 rings (SSSR count). The molecule has 2 aliphatic heterocycles. The first-order chi connectivity index (χ1) is 14.2. The van der Waals surface area contributed by atoms with Gasteiger partial charge in [-0.3, -0.25) is 9.69 Å². The summed E-state index contributed by atoms with van der Waals surface area (Å²) >= 11 is 1.72. The molecule has 1 amide bonds. The van der Waals surface area contributed by atoms with Crippen molar-refractivity contribution in [3.8, 4) is 5.75 Å². The fraction of sp³-hybridized carbons (Fsp3) is 0.261. The van der Waals surface area contributed by atoms with E-state index in [1.807, 2.05) is 30.3 Å². The molecule has 3 aromatic rings. The lowest BCUT2D eigenvalue weighted by Gasteiger charge is -2.28. The number of methoxy groups -OCH3 is 1. The van der Waals surface area contributed by atoms with Crippen LogP contribution in [0.25, 0.3) is 0 Å². The molecule has 3 heterocycles. The van der Waals surface area contributed by atoms with Gasteiger partial charge in [-0.25, -0.2) is 0 Å². The number of thiophene rings is 1. The monoisotopic (exact) mass is 405 g/mol. The average molecular weight is 406 g/mol. The molecule has 148 valence electrons. The minimum Gasteiger partial charge on any atom is -0.497 e. The van der Waals surface area contributed by atoms with Crippen LogP contribution in [0.5, 0.6) is 5.75 Å². The second kappa shape index (κ2) is 7.54. The van der Waals surface area contributed by atoms with Crippen LogP contribution in [0.2, 0.25) is 0 Å². The quantitative estimate of drug-likeness (QED) is 0.684. The number of ether oxygens (including phenoxy) is 1. The van der Waals surface area contributed by atoms with E-state index in [0.717, 1.165) is 47.9 Å². The van der Waals surface area contributed by atoms with Gasteiger partial charge >= 0.3 is 0 Å². The topological polar surface area (TPSA) is 53.6 Å². The van der Waals surface area contributed by atoms with Crippen molar-refractivity contribution < 1.29 is 9.53 Å². The Bertz CT molecular complexity index is 1050. The molecule has 29 heavy (non-hydrogen) atoms. The highest BCUT2D eigenvalue weighted by molar-refractivity contribution is 7.16. The van der Waals surface area contributed by atoms with E-state index >= 15 is 0 Å². The van der Waals surface area contributed by atoms with Crippen molar-refractivity contribution in [1.29, 1.82) is 0 Å². The highest BCUT2D eigenvalue weighted by Gasteiger charge is 2.33. The van der Waals surface area contributed by atoms with Crippen molar-refractivity contribution >= 4 is 22.2 Å². The molecule has 2 aromatic carbocycles. The van der Waals surface area contributed by atoms with E-state index in [-0.39, 0.29) is 12.1 Å². The molecular weight excluding hydrogens is 382 g/mol. The van der Waals surface area contributed by atoms with Crippen LogP contribution < -0.4 is 15.4 Å². The number of rotatable bonds is 4. The zero-order valence-electron chi connectivity index (χ0n) is 16.3. The van der Waals surface area contributed by atoms with Crippen LogP contribution >= 0.6 is 11.3 Å². The Kier molecular flexibility index (Phi) is 4.73. The Labute approximate surface area is 174 Å². The van der Waals surface area contributed by atoms with Crippen LogP contribution in [-0.2, 0) is 19.5 Å². The zero-order valence-corrected chi connectivity index (χ0v) is 17.1. The lowest BCUT2D eigenvalue weighted by molar-refractivity contribution is 0.0934. The maximum atomic E-state index is 12.9. The van der Waals surface area contributed by atoms with Crippen molar-refractivity contribution in [1.82, 2.24) is 10.2 Å². The Morgan fingerprint density at radius 3 is 2.83 bits per heavy atom.